The van der Waals surface area contributed by atoms with Crippen molar-refractivity contribution < 1.29 is 0 Å². The largest absolute Gasteiger partial charge is 0.361 e. The van der Waals surface area contributed by atoms with Crippen LogP contribution in [-0.4, -0.2) is 29.0 Å². The van der Waals surface area contributed by atoms with E-state index >= 15 is 0 Å². The van der Waals surface area contributed by atoms with E-state index in [1.54, 1.807) is 0 Å². The van der Waals surface area contributed by atoms with Crippen molar-refractivity contribution in [2.75, 3.05) is 14.1 Å². The number of aromatic nitrogens is 2. The second kappa shape index (κ2) is 6.77. The van der Waals surface area contributed by atoms with E-state index in [9.17, 15) is 0 Å². The summed E-state index contributed by atoms with van der Waals surface area (Å²) in [6.45, 7) is 0.956. The van der Waals surface area contributed by atoms with Crippen molar-refractivity contribution in [2.24, 2.45) is 0 Å². The van der Waals surface area contributed by atoms with Crippen molar-refractivity contribution in [3.63, 3.8) is 0 Å². The third kappa shape index (κ3) is 3.04. The molecule has 28 heavy (non-hydrogen) atoms. The van der Waals surface area contributed by atoms with Gasteiger partial charge >= 0.3 is 0 Å². The van der Waals surface area contributed by atoms with Crippen LogP contribution in [0.5, 0.6) is 0 Å². The Bertz CT molecular complexity index is 1180. The first-order chi connectivity index (χ1) is 13.7. The summed E-state index contributed by atoms with van der Waals surface area (Å²) in [5.41, 5.74) is 9.84. The number of hydrogen-bond acceptors (Lipinski definition) is 2. The number of fused-ring (bicyclic) bond motifs is 2. The zero-order chi connectivity index (χ0) is 19.1. The highest BCUT2D eigenvalue weighted by Gasteiger charge is 2.18. The molecule has 2 aromatic heterocycles. The molecule has 0 saturated carbocycles. The standard InChI is InChI=1S/C25H23N3/c1-28(2)16-17-3-5-18(6-4-17)21-14-23-22(8-10-25(23)27-15-21)19-7-9-24-20(13-19)11-12-26-24/h3-9,11-15,26H,10,16H2,1-2H3. The van der Waals surface area contributed by atoms with E-state index in [0.717, 1.165) is 18.7 Å². The molecule has 138 valence electrons. The van der Waals surface area contributed by atoms with Crippen molar-refractivity contribution in [3.05, 3.63) is 95.5 Å². The second-order valence-electron chi connectivity index (χ2n) is 7.75. The highest BCUT2D eigenvalue weighted by atomic mass is 15.0. The van der Waals surface area contributed by atoms with Gasteiger partial charge in [-0.25, -0.2) is 0 Å². The number of aromatic amines is 1. The van der Waals surface area contributed by atoms with Crippen LogP contribution in [0.2, 0.25) is 0 Å². The Morgan fingerprint density at radius 2 is 1.75 bits per heavy atom. The Labute approximate surface area is 165 Å². The SMILES string of the molecule is CN(C)Cc1ccc(-c2cnc3c(c2)C(c2ccc4[nH]ccc4c2)=CC3)cc1. The molecule has 1 aliphatic carbocycles. The van der Waals surface area contributed by atoms with Crippen LogP contribution in [0.25, 0.3) is 27.6 Å². The fraction of sp³-hybridized carbons (Fsp3) is 0.160. The minimum Gasteiger partial charge on any atom is -0.361 e. The number of nitrogens with one attached hydrogen (secondary N) is 1. The van der Waals surface area contributed by atoms with Crippen LogP contribution >= 0.6 is 0 Å². The van der Waals surface area contributed by atoms with Gasteiger partial charge in [0, 0.05) is 42.0 Å². The van der Waals surface area contributed by atoms with Gasteiger partial charge in [0.05, 0.1) is 5.69 Å². The molecule has 0 atom stereocenters. The summed E-state index contributed by atoms with van der Waals surface area (Å²) in [4.78, 5) is 10.2. The normalized spacial score (nSPS) is 13.2. The zero-order valence-electron chi connectivity index (χ0n) is 16.2. The molecule has 0 saturated heterocycles. The molecule has 0 aliphatic heterocycles. The van der Waals surface area contributed by atoms with E-state index in [2.05, 4.69) is 84.7 Å². The van der Waals surface area contributed by atoms with E-state index in [-0.39, 0.29) is 0 Å². The molecule has 0 bridgehead atoms. The molecule has 0 spiro atoms. The predicted octanol–water partition coefficient (Wildman–Crippen LogP) is 5.28. The molecular weight excluding hydrogens is 342 g/mol. The molecule has 3 heteroatoms. The summed E-state index contributed by atoms with van der Waals surface area (Å²) in [7, 11) is 4.19. The number of hydrogen-bond donors (Lipinski definition) is 1. The molecular formula is C25H23N3. The Hall–Kier alpha value is -3.17. The monoisotopic (exact) mass is 365 g/mol. The summed E-state index contributed by atoms with van der Waals surface area (Å²) < 4.78 is 0. The Balaban J connectivity index is 1.50. The topological polar surface area (TPSA) is 31.9 Å². The van der Waals surface area contributed by atoms with Crippen molar-refractivity contribution >= 4 is 16.5 Å². The van der Waals surface area contributed by atoms with Gasteiger partial charge in [-0.2, -0.15) is 0 Å². The molecule has 0 unspecified atom stereocenters. The summed E-state index contributed by atoms with van der Waals surface area (Å²) >= 11 is 0. The van der Waals surface area contributed by atoms with Crippen LogP contribution in [0, 0.1) is 0 Å². The van der Waals surface area contributed by atoms with Gasteiger partial charge in [0.15, 0.2) is 0 Å². The highest BCUT2D eigenvalue weighted by Crippen LogP contribution is 2.35. The summed E-state index contributed by atoms with van der Waals surface area (Å²) in [6, 6.07) is 19.8. The first-order valence-electron chi connectivity index (χ1n) is 9.68. The molecule has 4 aromatic rings. The number of H-pyrrole nitrogens is 1. The Morgan fingerprint density at radius 1 is 0.929 bits per heavy atom. The number of rotatable bonds is 4. The molecule has 2 aromatic carbocycles. The highest BCUT2D eigenvalue weighted by molar-refractivity contribution is 5.90. The lowest BCUT2D eigenvalue weighted by Gasteiger charge is -2.11. The van der Waals surface area contributed by atoms with Crippen LogP contribution in [0.1, 0.15) is 22.4 Å². The number of allylic oxidation sites excluding steroid dienone is 1. The maximum atomic E-state index is 4.77. The minimum atomic E-state index is 0.901. The van der Waals surface area contributed by atoms with E-state index in [0.29, 0.717) is 0 Å². The molecule has 1 aliphatic rings. The van der Waals surface area contributed by atoms with Crippen LogP contribution in [0.3, 0.4) is 0 Å². The quantitative estimate of drug-likeness (QED) is 0.534. The van der Waals surface area contributed by atoms with Crippen molar-refractivity contribution in [1.82, 2.24) is 14.9 Å². The average Bonchev–Trinajstić information content (AvgIpc) is 3.33. The Kier molecular flexibility index (Phi) is 4.10. The molecule has 5 rings (SSSR count). The maximum absolute atomic E-state index is 4.77. The first-order valence-corrected chi connectivity index (χ1v) is 9.68. The van der Waals surface area contributed by atoms with Crippen LogP contribution in [-0.2, 0) is 13.0 Å². The molecule has 2 heterocycles. The average molecular weight is 365 g/mol. The minimum absolute atomic E-state index is 0.901. The maximum Gasteiger partial charge on any atom is 0.0520 e. The fourth-order valence-electron chi connectivity index (χ4n) is 4.02. The van der Waals surface area contributed by atoms with Gasteiger partial charge in [0.1, 0.15) is 0 Å². The number of benzene rings is 2. The van der Waals surface area contributed by atoms with E-state index in [4.69, 9.17) is 4.98 Å². The van der Waals surface area contributed by atoms with Gasteiger partial charge < -0.3 is 9.88 Å². The summed E-state index contributed by atoms with van der Waals surface area (Å²) in [5.74, 6) is 0. The van der Waals surface area contributed by atoms with Gasteiger partial charge in [-0.05, 0) is 66.0 Å². The van der Waals surface area contributed by atoms with Crippen molar-refractivity contribution in [3.8, 4) is 11.1 Å². The lowest BCUT2D eigenvalue weighted by atomic mass is 9.97. The van der Waals surface area contributed by atoms with Crippen molar-refractivity contribution in [2.45, 2.75) is 13.0 Å². The molecule has 1 N–H and O–H groups in total. The van der Waals surface area contributed by atoms with Crippen LogP contribution in [0.15, 0.2) is 73.1 Å². The number of nitrogens with zero attached hydrogens (tertiary/aromatic N) is 2. The molecule has 0 amide bonds. The molecule has 0 fully saturated rings. The van der Waals surface area contributed by atoms with E-state index in [1.807, 2.05) is 12.4 Å². The van der Waals surface area contributed by atoms with Crippen molar-refractivity contribution in [1.29, 1.82) is 0 Å². The van der Waals surface area contributed by atoms with E-state index < -0.39 is 0 Å². The van der Waals surface area contributed by atoms with Gasteiger partial charge in [-0.1, -0.05) is 36.4 Å². The molecule has 0 radical (unpaired) electrons. The van der Waals surface area contributed by atoms with Crippen LogP contribution in [0.4, 0.5) is 0 Å². The lowest BCUT2D eigenvalue weighted by Crippen LogP contribution is -2.10. The zero-order valence-corrected chi connectivity index (χ0v) is 16.2. The summed E-state index contributed by atoms with van der Waals surface area (Å²) in [6.07, 6.45) is 7.20. The van der Waals surface area contributed by atoms with Gasteiger partial charge in [0.25, 0.3) is 0 Å². The first kappa shape index (κ1) is 17.0. The third-order valence-corrected chi connectivity index (χ3v) is 5.41. The summed E-state index contributed by atoms with van der Waals surface area (Å²) in [5, 5.41) is 1.24. The molecule has 3 nitrogen and oxygen atoms in total. The lowest BCUT2D eigenvalue weighted by molar-refractivity contribution is 0.402. The van der Waals surface area contributed by atoms with E-state index in [1.165, 1.54) is 44.3 Å². The third-order valence-electron chi connectivity index (χ3n) is 5.41. The number of pyridine rings is 1. The smallest absolute Gasteiger partial charge is 0.0520 e. The fourth-order valence-corrected chi connectivity index (χ4v) is 4.02. The second-order valence-corrected chi connectivity index (χ2v) is 7.75. The van der Waals surface area contributed by atoms with Gasteiger partial charge in [-0.15, -0.1) is 0 Å². The van der Waals surface area contributed by atoms with Gasteiger partial charge in [-0.3, -0.25) is 4.98 Å². The van der Waals surface area contributed by atoms with Gasteiger partial charge in [0.2, 0.25) is 0 Å². The Morgan fingerprint density at radius 3 is 2.57 bits per heavy atom. The predicted molar refractivity (Wildman–Crippen MR) is 116 cm³/mol. The van der Waals surface area contributed by atoms with Crippen LogP contribution < -0.4 is 0 Å².